The van der Waals surface area contributed by atoms with Gasteiger partial charge in [0.05, 0.1) is 15.7 Å². The van der Waals surface area contributed by atoms with Crippen LogP contribution < -0.4 is 10.6 Å². The predicted octanol–water partition coefficient (Wildman–Crippen LogP) is 2.96. The van der Waals surface area contributed by atoms with E-state index in [1.807, 2.05) is 0 Å². The lowest BCUT2D eigenvalue weighted by Crippen LogP contribution is -2.36. The molecule has 0 radical (unpaired) electrons. The van der Waals surface area contributed by atoms with Crippen molar-refractivity contribution >= 4 is 41.5 Å². The highest BCUT2D eigenvalue weighted by atomic mass is 35.5. The highest BCUT2D eigenvalue weighted by molar-refractivity contribution is 6.42. The van der Waals surface area contributed by atoms with Crippen LogP contribution in [0.2, 0.25) is 10.0 Å². The Hall–Kier alpha value is -1.40. The molecule has 1 saturated heterocycles. The van der Waals surface area contributed by atoms with Gasteiger partial charge in [-0.05, 0) is 31.2 Å². The molecule has 0 spiro atoms. The molecular formula is C15H15Cl3N4O. The first-order valence-electron chi connectivity index (χ1n) is 6.92. The quantitative estimate of drug-likeness (QED) is 0.868. The Balaban J connectivity index is 0.00000192. The zero-order valence-electron chi connectivity index (χ0n) is 12.1. The van der Waals surface area contributed by atoms with Crippen LogP contribution in [0, 0.1) is 0 Å². The van der Waals surface area contributed by atoms with E-state index in [-0.39, 0.29) is 24.4 Å². The fourth-order valence-electron chi connectivity index (χ4n) is 2.33. The largest absolute Gasteiger partial charge is 0.347 e. The van der Waals surface area contributed by atoms with Crippen molar-refractivity contribution in [1.82, 2.24) is 20.6 Å². The third-order valence-corrected chi connectivity index (χ3v) is 4.25. The average molecular weight is 374 g/mol. The Morgan fingerprint density at radius 1 is 1.22 bits per heavy atom. The molecule has 0 aliphatic carbocycles. The predicted molar refractivity (Wildman–Crippen MR) is 93.5 cm³/mol. The molecule has 2 N–H and O–H groups in total. The van der Waals surface area contributed by atoms with Crippen LogP contribution in [0.5, 0.6) is 0 Å². The number of aromatic nitrogens is 2. The minimum absolute atomic E-state index is 0. The molecule has 2 aromatic rings. The van der Waals surface area contributed by atoms with Crippen LogP contribution in [0.3, 0.4) is 0 Å². The maximum absolute atomic E-state index is 12.2. The van der Waals surface area contributed by atoms with Gasteiger partial charge in [0.1, 0.15) is 12.0 Å². The third-order valence-electron chi connectivity index (χ3n) is 3.51. The molecular weight excluding hydrogens is 359 g/mol. The maximum atomic E-state index is 12.2. The molecule has 1 atom stereocenters. The fourth-order valence-corrected chi connectivity index (χ4v) is 2.63. The summed E-state index contributed by atoms with van der Waals surface area (Å²) in [6.45, 7) is 1.71. The van der Waals surface area contributed by atoms with Gasteiger partial charge < -0.3 is 10.6 Å². The Labute approximate surface area is 150 Å². The summed E-state index contributed by atoms with van der Waals surface area (Å²) >= 11 is 11.9. The van der Waals surface area contributed by atoms with Crippen molar-refractivity contribution in [1.29, 1.82) is 0 Å². The number of amides is 1. The molecule has 1 aromatic heterocycles. The second-order valence-corrected chi connectivity index (χ2v) is 5.89. The topological polar surface area (TPSA) is 66.9 Å². The van der Waals surface area contributed by atoms with Gasteiger partial charge in [-0.25, -0.2) is 9.97 Å². The van der Waals surface area contributed by atoms with Crippen LogP contribution >= 0.6 is 35.6 Å². The van der Waals surface area contributed by atoms with E-state index in [0.717, 1.165) is 25.1 Å². The summed E-state index contributed by atoms with van der Waals surface area (Å²) in [7, 11) is 0. The number of hydrogen-bond donors (Lipinski definition) is 2. The monoisotopic (exact) mass is 372 g/mol. The van der Waals surface area contributed by atoms with E-state index in [2.05, 4.69) is 20.6 Å². The van der Waals surface area contributed by atoms with E-state index < -0.39 is 0 Å². The fraction of sp³-hybridized carbons (Fsp3) is 0.267. The second kappa shape index (κ2) is 7.93. The van der Waals surface area contributed by atoms with Crippen molar-refractivity contribution in [2.45, 2.75) is 12.5 Å². The van der Waals surface area contributed by atoms with Crippen molar-refractivity contribution in [3.63, 3.8) is 0 Å². The standard InChI is InChI=1S/C15H14Cl2N4O.ClH/c16-11-2-1-9(5-12(11)17)13-6-14(20-8-19-13)15(22)21-10-3-4-18-7-10;/h1-2,5-6,8,10,18H,3-4,7H2,(H,21,22);1H/t10-;/m1./s1. The van der Waals surface area contributed by atoms with Gasteiger partial charge in [-0.1, -0.05) is 29.3 Å². The zero-order chi connectivity index (χ0) is 15.5. The van der Waals surface area contributed by atoms with Gasteiger partial charge in [-0.15, -0.1) is 12.4 Å². The molecule has 0 unspecified atom stereocenters. The van der Waals surface area contributed by atoms with Crippen LogP contribution in [0.25, 0.3) is 11.3 Å². The first-order chi connectivity index (χ1) is 10.6. The minimum Gasteiger partial charge on any atom is -0.347 e. The molecule has 23 heavy (non-hydrogen) atoms. The van der Waals surface area contributed by atoms with Crippen LogP contribution in [-0.2, 0) is 0 Å². The summed E-state index contributed by atoms with van der Waals surface area (Å²) in [6.07, 6.45) is 2.30. The number of rotatable bonds is 3. The van der Waals surface area contributed by atoms with Crippen LogP contribution in [0.15, 0.2) is 30.6 Å². The van der Waals surface area contributed by atoms with Crippen molar-refractivity contribution in [2.24, 2.45) is 0 Å². The zero-order valence-corrected chi connectivity index (χ0v) is 14.4. The molecule has 3 rings (SSSR count). The summed E-state index contributed by atoms with van der Waals surface area (Å²) < 4.78 is 0. The van der Waals surface area contributed by atoms with Crippen LogP contribution in [0.4, 0.5) is 0 Å². The number of hydrogen-bond acceptors (Lipinski definition) is 4. The Kier molecular flexibility index (Phi) is 6.18. The van der Waals surface area contributed by atoms with E-state index in [1.54, 1.807) is 24.3 Å². The molecule has 1 amide bonds. The van der Waals surface area contributed by atoms with E-state index in [1.165, 1.54) is 6.33 Å². The molecule has 1 aliphatic heterocycles. The molecule has 8 heteroatoms. The van der Waals surface area contributed by atoms with E-state index in [0.29, 0.717) is 21.4 Å². The lowest BCUT2D eigenvalue weighted by atomic mass is 10.1. The number of nitrogens with zero attached hydrogens (tertiary/aromatic N) is 2. The van der Waals surface area contributed by atoms with Gasteiger partial charge in [0.2, 0.25) is 0 Å². The number of carbonyl (C=O) groups is 1. The molecule has 1 aromatic carbocycles. The molecule has 1 aliphatic rings. The number of halogens is 3. The van der Waals surface area contributed by atoms with Crippen molar-refractivity contribution < 1.29 is 4.79 Å². The minimum atomic E-state index is -0.197. The molecule has 5 nitrogen and oxygen atoms in total. The summed E-state index contributed by atoms with van der Waals surface area (Å²) in [5, 5.41) is 7.08. The Morgan fingerprint density at radius 3 is 2.74 bits per heavy atom. The molecule has 2 heterocycles. The average Bonchev–Trinajstić information content (AvgIpc) is 3.03. The lowest BCUT2D eigenvalue weighted by Gasteiger charge is -2.11. The Bertz CT molecular complexity index is 705. The van der Waals surface area contributed by atoms with Gasteiger partial charge in [0.25, 0.3) is 5.91 Å². The van der Waals surface area contributed by atoms with Crippen molar-refractivity contribution in [3.8, 4) is 11.3 Å². The second-order valence-electron chi connectivity index (χ2n) is 5.08. The van der Waals surface area contributed by atoms with E-state index >= 15 is 0 Å². The van der Waals surface area contributed by atoms with Crippen molar-refractivity contribution in [2.75, 3.05) is 13.1 Å². The summed E-state index contributed by atoms with van der Waals surface area (Å²) in [5.41, 5.74) is 1.75. The molecule has 1 fully saturated rings. The molecule has 0 bridgehead atoms. The van der Waals surface area contributed by atoms with Gasteiger partial charge >= 0.3 is 0 Å². The van der Waals surface area contributed by atoms with Crippen molar-refractivity contribution in [3.05, 3.63) is 46.3 Å². The number of benzene rings is 1. The molecule has 122 valence electrons. The highest BCUT2D eigenvalue weighted by Gasteiger charge is 2.18. The van der Waals surface area contributed by atoms with Crippen LogP contribution in [-0.4, -0.2) is 35.0 Å². The number of nitrogens with one attached hydrogen (secondary N) is 2. The van der Waals surface area contributed by atoms with Gasteiger partial charge in [-0.3, -0.25) is 4.79 Å². The highest BCUT2D eigenvalue weighted by Crippen LogP contribution is 2.27. The SMILES string of the molecule is Cl.O=C(N[C@@H]1CCNC1)c1cc(-c2ccc(Cl)c(Cl)c2)ncn1. The first-order valence-corrected chi connectivity index (χ1v) is 7.68. The smallest absolute Gasteiger partial charge is 0.270 e. The maximum Gasteiger partial charge on any atom is 0.270 e. The lowest BCUT2D eigenvalue weighted by molar-refractivity contribution is 0.0935. The summed E-state index contributed by atoms with van der Waals surface area (Å²) in [6, 6.07) is 7.02. The van der Waals surface area contributed by atoms with E-state index in [4.69, 9.17) is 23.2 Å². The number of carbonyl (C=O) groups excluding carboxylic acids is 1. The van der Waals surface area contributed by atoms with E-state index in [9.17, 15) is 4.79 Å². The van der Waals surface area contributed by atoms with Gasteiger partial charge in [0.15, 0.2) is 0 Å². The Morgan fingerprint density at radius 2 is 2.04 bits per heavy atom. The van der Waals surface area contributed by atoms with Gasteiger partial charge in [-0.2, -0.15) is 0 Å². The molecule has 0 saturated carbocycles. The third kappa shape index (κ3) is 4.32. The summed E-state index contributed by atoms with van der Waals surface area (Å²) in [4.78, 5) is 20.5. The summed E-state index contributed by atoms with van der Waals surface area (Å²) in [5.74, 6) is -0.197. The van der Waals surface area contributed by atoms with Gasteiger partial charge in [0, 0.05) is 18.2 Å². The normalized spacial score (nSPS) is 16.7. The first kappa shape index (κ1) is 17.9. The van der Waals surface area contributed by atoms with Crippen LogP contribution in [0.1, 0.15) is 16.9 Å².